The van der Waals surface area contributed by atoms with Gasteiger partial charge in [0.25, 0.3) is 5.91 Å². The Kier molecular flexibility index (Phi) is 7.09. The zero-order valence-electron chi connectivity index (χ0n) is 17.4. The van der Waals surface area contributed by atoms with Crippen LogP contribution >= 0.6 is 23.4 Å². The van der Waals surface area contributed by atoms with Crippen molar-refractivity contribution in [2.75, 3.05) is 11.9 Å². The highest BCUT2D eigenvalue weighted by atomic mass is 35.5. The summed E-state index contributed by atoms with van der Waals surface area (Å²) < 4.78 is 7.66. The Balaban J connectivity index is 1.43. The lowest BCUT2D eigenvalue weighted by Crippen LogP contribution is -2.21. The molecule has 0 atom stereocenters. The average molecular weight is 465 g/mol. The van der Waals surface area contributed by atoms with Crippen LogP contribution in [0.3, 0.4) is 0 Å². The molecule has 1 heterocycles. The van der Waals surface area contributed by atoms with E-state index in [0.717, 1.165) is 16.9 Å². The van der Waals surface area contributed by atoms with E-state index in [2.05, 4.69) is 27.6 Å². The minimum atomic E-state index is -0.276. The van der Waals surface area contributed by atoms with Gasteiger partial charge in [-0.15, -0.1) is 10.2 Å². The highest BCUT2D eigenvalue weighted by molar-refractivity contribution is 7.99. The van der Waals surface area contributed by atoms with Crippen molar-refractivity contribution in [1.29, 1.82) is 0 Å². The Hall–Kier alpha value is -3.29. The van der Waals surface area contributed by atoms with Crippen LogP contribution in [-0.2, 0) is 18.3 Å². The first kappa shape index (κ1) is 21.9. The topological polar surface area (TPSA) is 69.0 Å². The standard InChI is InChI=1S/C24H21ClN4O2S/c1-29-16-26-28-24(29)32-22-12-11-19(25)14-20(22)27-23(30)15-31-21-10-6-5-9-18(21)13-17-7-3-2-4-8-17/h2-12,14,16H,13,15H2,1H3,(H,27,30). The minimum absolute atomic E-state index is 0.119. The first-order valence-electron chi connectivity index (χ1n) is 9.94. The molecule has 4 aromatic rings. The molecule has 1 aromatic heterocycles. The molecule has 0 radical (unpaired) electrons. The van der Waals surface area contributed by atoms with Gasteiger partial charge in [-0.3, -0.25) is 4.79 Å². The SMILES string of the molecule is Cn1cnnc1Sc1ccc(Cl)cc1NC(=O)COc1ccccc1Cc1ccccc1. The van der Waals surface area contributed by atoms with Crippen LogP contribution in [0.25, 0.3) is 0 Å². The number of aromatic nitrogens is 3. The fourth-order valence-corrected chi connectivity index (χ4v) is 4.09. The molecule has 1 amide bonds. The number of halogens is 1. The lowest BCUT2D eigenvalue weighted by atomic mass is 10.0. The average Bonchev–Trinajstić information content (AvgIpc) is 3.20. The van der Waals surface area contributed by atoms with Crippen LogP contribution in [0.4, 0.5) is 5.69 Å². The van der Waals surface area contributed by atoms with Gasteiger partial charge in [-0.1, -0.05) is 60.1 Å². The van der Waals surface area contributed by atoms with Crippen LogP contribution in [0.15, 0.2) is 89.2 Å². The van der Waals surface area contributed by atoms with Crippen molar-refractivity contribution in [3.05, 3.63) is 95.3 Å². The maximum absolute atomic E-state index is 12.7. The number of hydrogen-bond donors (Lipinski definition) is 1. The normalized spacial score (nSPS) is 10.7. The maximum atomic E-state index is 12.7. The molecule has 8 heteroatoms. The number of benzene rings is 3. The minimum Gasteiger partial charge on any atom is -0.483 e. The van der Waals surface area contributed by atoms with E-state index in [1.165, 1.54) is 17.3 Å². The van der Waals surface area contributed by atoms with E-state index in [9.17, 15) is 4.79 Å². The molecule has 4 rings (SSSR count). The quantitative estimate of drug-likeness (QED) is 0.386. The molecule has 0 saturated carbocycles. The molecule has 0 saturated heterocycles. The molecule has 0 aliphatic carbocycles. The monoisotopic (exact) mass is 464 g/mol. The number of ether oxygens (including phenoxy) is 1. The van der Waals surface area contributed by atoms with Crippen molar-refractivity contribution < 1.29 is 9.53 Å². The number of carbonyl (C=O) groups excluding carboxylic acids is 1. The summed E-state index contributed by atoms with van der Waals surface area (Å²) in [6.07, 6.45) is 2.35. The number of rotatable bonds is 8. The number of carbonyl (C=O) groups is 1. The fourth-order valence-electron chi connectivity index (χ4n) is 3.09. The zero-order valence-corrected chi connectivity index (χ0v) is 18.9. The maximum Gasteiger partial charge on any atom is 0.262 e. The van der Waals surface area contributed by atoms with Gasteiger partial charge in [0.05, 0.1) is 5.69 Å². The number of nitrogens with one attached hydrogen (secondary N) is 1. The highest BCUT2D eigenvalue weighted by Gasteiger charge is 2.13. The van der Waals surface area contributed by atoms with Gasteiger partial charge >= 0.3 is 0 Å². The van der Waals surface area contributed by atoms with Crippen LogP contribution in [0.5, 0.6) is 5.75 Å². The van der Waals surface area contributed by atoms with Crippen LogP contribution in [0, 0.1) is 0 Å². The Morgan fingerprint density at radius 1 is 1.09 bits per heavy atom. The van der Waals surface area contributed by atoms with Gasteiger partial charge in [-0.2, -0.15) is 0 Å². The lowest BCUT2D eigenvalue weighted by molar-refractivity contribution is -0.118. The van der Waals surface area contributed by atoms with Crippen molar-refractivity contribution in [3.8, 4) is 5.75 Å². The van der Waals surface area contributed by atoms with Crippen molar-refractivity contribution >= 4 is 35.0 Å². The third-order valence-electron chi connectivity index (χ3n) is 4.66. The summed E-state index contributed by atoms with van der Waals surface area (Å²) in [7, 11) is 1.86. The third-order valence-corrected chi connectivity index (χ3v) is 6.02. The van der Waals surface area contributed by atoms with Crippen molar-refractivity contribution in [1.82, 2.24) is 14.8 Å². The Morgan fingerprint density at radius 3 is 2.66 bits per heavy atom. The van der Waals surface area contributed by atoms with E-state index in [0.29, 0.717) is 21.6 Å². The van der Waals surface area contributed by atoms with Crippen LogP contribution in [-0.4, -0.2) is 27.3 Å². The second kappa shape index (κ2) is 10.3. The summed E-state index contributed by atoms with van der Waals surface area (Å²) in [6, 6.07) is 23.2. The van der Waals surface area contributed by atoms with Gasteiger partial charge < -0.3 is 14.6 Å². The number of hydrogen-bond acceptors (Lipinski definition) is 5. The number of nitrogens with zero attached hydrogens (tertiary/aromatic N) is 3. The number of anilines is 1. The summed E-state index contributed by atoms with van der Waals surface area (Å²) in [5, 5.41) is 12.1. The number of aryl methyl sites for hydroxylation is 1. The summed E-state index contributed by atoms with van der Waals surface area (Å²) in [5.41, 5.74) is 2.79. The molecule has 32 heavy (non-hydrogen) atoms. The van der Waals surface area contributed by atoms with E-state index in [-0.39, 0.29) is 12.5 Å². The highest BCUT2D eigenvalue weighted by Crippen LogP contribution is 2.34. The molecule has 3 aromatic carbocycles. The summed E-state index contributed by atoms with van der Waals surface area (Å²) in [6.45, 7) is -0.119. The Labute approximate surface area is 195 Å². The van der Waals surface area contributed by atoms with E-state index < -0.39 is 0 Å². The van der Waals surface area contributed by atoms with E-state index >= 15 is 0 Å². The fraction of sp³-hybridized carbons (Fsp3) is 0.125. The molecular weight excluding hydrogens is 444 g/mol. The van der Waals surface area contributed by atoms with Crippen LogP contribution in [0.1, 0.15) is 11.1 Å². The predicted molar refractivity (Wildman–Crippen MR) is 126 cm³/mol. The predicted octanol–water partition coefficient (Wildman–Crippen LogP) is 5.23. The van der Waals surface area contributed by atoms with Crippen molar-refractivity contribution in [2.45, 2.75) is 16.5 Å². The van der Waals surface area contributed by atoms with Gasteiger partial charge in [-0.05, 0) is 47.2 Å². The summed E-state index contributed by atoms with van der Waals surface area (Å²) in [5.74, 6) is 0.410. The molecule has 0 spiro atoms. The van der Waals surface area contributed by atoms with Gasteiger partial charge in [-0.25, -0.2) is 0 Å². The van der Waals surface area contributed by atoms with E-state index in [1.54, 1.807) is 23.0 Å². The second-order valence-electron chi connectivity index (χ2n) is 7.07. The Bertz CT molecular complexity index is 1210. The van der Waals surface area contributed by atoms with Gasteiger partial charge in [0.2, 0.25) is 0 Å². The molecule has 0 fully saturated rings. The third kappa shape index (κ3) is 5.69. The van der Waals surface area contributed by atoms with Crippen LogP contribution in [0.2, 0.25) is 5.02 Å². The van der Waals surface area contributed by atoms with E-state index in [1.807, 2.05) is 55.6 Å². The summed E-state index contributed by atoms with van der Waals surface area (Å²) in [4.78, 5) is 13.5. The number of para-hydroxylation sites is 1. The molecule has 0 aliphatic rings. The van der Waals surface area contributed by atoms with Gasteiger partial charge in [0.1, 0.15) is 12.1 Å². The summed E-state index contributed by atoms with van der Waals surface area (Å²) >= 11 is 7.55. The van der Waals surface area contributed by atoms with Gasteiger partial charge in [0.15, 0.2) is 11.8 Å². The smallest absolute Gasteiger partial charge is 0.262 e. The first-order chi connectivity index (χ1) is 15.6. The molecule has 0 unspecified atom stereocenters. The molecule has 0 aliphatic heterocycles. The molecule has 1 N–H and O–H groups in total. The van der Waals surface area contributed by atoms with Crippen molar-refractivity contribution in [2.24, 2.45) is 7.05 Å². The Morgan fingerprint density at radius 2 is 1.88 bits per heavy atom. The molecular formula is C24H21ClN4O2S. The van der Waals surface area contributed by atoms with E-state index in [4.69, 9.17) is 16.3 Å². The second-order valence-corrected chi connectivity index (χ2v) is 8.52. The largest absolute Gasteiger partial charge is 0.483 e. The lowest BCUT2D eigenvalue weighted by Gasteiger charge is -2.13. The molecule has 162 valence electrons. The van der Waals surface area contributed by atoms with Gasteiger partial charge in [0, 0.05) is 23.4 Å². The van der Waals surface area contributed by atoms with Crippen LogP contribution < -0.4 is 10.1 Å². The molecule has 6 nitrogen and oxygen atoms in total. The first-order valence-corrected chi connectivity index (χ1v) is 11.1. The number of amides is 1. The van der Waals surface area contributed by atoms with Crippen molar-refractivity contribution in [3.63, 3.8) is 0 Å². The zero-order chi connectivity index (χ0) is 22.3. The molecule has 0 bridgehead atoms.